The molecule has 0 saturated heterocycles. The number of benzene rings is 1. The van der Waals surface area contributed by atoms with Gasteiger partial charge in [-0.15, -0.1) is 0 Å². The van der Waals surface area contributed by atoms with Gasteiger partial charge in [0.15, 0.2) is 0 Å². The topological polar surface area (TPSA) is 46.8 Å². The van der Waals surface area contributed by atoms with Gasteiger partial charge in [0.2, 0.25) is 0 Å². The van der Waals surface area contributed by atoms with E-state index in [2.05, 4.69) is 4.98 Å². The monoisotopic (exact) mass is 335 g/mol. The molecule has 1 amide bonds. The summed E-state index contributed by atoms with van der Waals surface area (Å²) in [6.07, 6.45) is 6.14. The van der Waals surface area contributed by atoms with E-state index in [4.69, 9.17) is 4.74 Å². The first-order valence-corrected chi connectivity index (χ1v) is 8.71. The van der Waals surface area contributed by atoms with Crippen LogP contribution in [0, 0.1) is 0 Å². The molecule has 1 aromatic carbocycles. The molecular weight excluding hydrogens is 314 g/mol. The zero-order chi connectivity index (χ0) is 17.2. The second kappa shape index (κ2) is 6.59. The van der Waals surface area contributed by atoms with Crippen LogP contribution in [-0.2, 0) is 6.61 Å². The third-order valence-corrected chi connectivity index (χ3v) is 4.47. The molecular formula is C20H21N3O2. The number of imidazole rings is 1. The number of rotatable bonds is 6. The van der Waals surface area contributed by atoms with Gasteiger partial charge in [0.05, 0.1) is 5.69 Å². The van der Waals surface area contributed by atoms with Crippen LogP contribution in [0.1, 0.15) is 35.8 Å². The fourth-order valence-electron chi connectivity index (χ4n) is 3.05. The third-order valence-electron chi connectivity index (χ3n) is 4.47. The van der Waals surface area contributed by atoms with E-state index in [0.717, 1.165) is 30.7 Å². The van der Waals surface area contributed by atoms with Crippen LogP contribution in [0.15, 0.2) is 54.9 Å². The highest BCUT2D eigenvalue weighted by Gasteiger charge is 2.31. The summed E-state index contributed by atoms with van der Waals surface area (Å²) in [5, 5.41) is 0. The largest absolute Gasteiger partial charge is 0.487 e. The number of hydrogen-bond donors (Lipinski definition) is 0. The highest BCUT2D eigenvalue weighted by atomic mass is 16.5. The standard InChI is InChI=1S/C20H21N3O2/c1-2-23(17-9-10-17)20(24)15-6-5-7-18(12-15)25-14-16-13-22-11-4-3-8-19(22)21-16/h3-8,11-13,17H,2,9-10,14H2,1H3. The van der Waals surface area contributed by atoms with Gasteiger partial charge in [-0.25, -0.2) is 4.98 Å². The minimum Gasteiger partial charge on any atom is -0.487 e. The molecule has 0 spiro atoms. The first-order valence-electron chi connectivity index (χ1n) is 8.71. The maximum Gasteiger partial charge on any atom is 0.254 e. The molecule has 0 radical (unpaired) electrons. The summed E-state index contributed by atoms with van der Waals surface area (Å²) in [5.41, 5.74) is 2.44. The molecule has 25 heavy (non-hydrogen) atoms. The van der Waals surface area contributed by atoms with Crippen molar-refractivity contribution in [3.63, 3.8) is 0 Å². The zero-order valence-electron chi connectivity index (χ0n) is 14.3. The lowest BCUT2D eigenvalue weighted by Crippen LogP contribution is -2.32. The molecule has 0 N–H and O–H groups in total. The molecule has 0 aliphatic heterocycles. The number of aromatic nitrogens is 2. The number of carbonyl (C=O) groups excluding carboxylic acids is 1. The van der Waals surface area contributed by atoms with Crippen molar-refractivity contribution in [2.45, 2.75) is 32.4 Å². The summed E-state index contributed by atoms with van der Waals surface area (Å²) in [6, 6.07) is 13.7. The fraction of sp³-hybridized carbons (Fsp3) is 0.300. The summed E-state index contributed by atoms with van der Waals surface area (Å²) < 4.78 is 7.82. The van der Waals surface area contributed by atoms with Gasteiger partial charge < -0.3 is 14.0 Å². The van der Waals surface area contributed by atoms with Crippen LogP contribution >= 0.6 is 0 Å². The summed E-state index contributed by atoms with van der Waals surface area (Å²) >= 11 is 0. The smallest absolute Gasteiger partial charge is 0.254 e. The van der Waals surface area contributed by atoms with Gasteiger partial charge >= 0.3 is 0 Å². The first kappa shape index (κ1) is 15.7. The highest BCUT2D eigenvalue weighted by molar-refractivity contribution is 5.95. The van der Waals surface area contributed by atoms with Crippen molar-refractivity contribution in [3.05, 3.63) is 66.1 Å². The van der Waals surface area contributed by atoms with E-state index in [0.29, 0.717) is 24.0 Å². The molecule has 0 unspecified atom stereocenters. The molecule has 2 aromatic heterocycles. The van der Waals surface area contributed by atoms with Crippen LogP contribution in [-0.4, -0.2) is 32.8 Å². The molecule has 5 heteroatoms. The van der Waals surface area contributed by atoms with Gasteiger partial charge in [0.25, 0.3) is 5.91 Å². The van der Waals surface area contributed by atoms with Crippen molar-refractivity contribution in [2.24, 2.45) is 0 Å². The SMILES string of the molecule is CCN(C(=O)c1cccc(OCc2cn3ccccc3n2)c1)C1CC1. The highest BCUT2D eigenvalue weighted by Crippen LogP contribution is 2.28. The summed E-state index contributed by atoms with van der Waals surface area (Å²) in [7, 11) is 0. The number of amides is 1. The lowest BCUT2D eigenvalue weighted by atomic mass is 10.2. The molecule has 1 aliphatic rings. The van der Waals surface area contributed by atoms with Gasteiger partial charge in [-0.2, -0.15) is 0 Å². The molecule has 1 aliphatic carbocycles. The Morgan fingerprint density at radius 3 is 2.92 bits per heavy atom. The Bertz CT molecular complexity index is 866. The van der Waals surface area contributed by atoms with Crippen molar-refractivity contribution in [1.82, 2.24) is 14.3 Å². The van der Waals surface area contributed by atoms with Gasteiger partial charge in [-0.05, 0) is 50.1 Å². The molecule has 4 rings (SSSR count). The normalized spacial score (nSPS) is 13.8. The fourth-order valence-corrected chi connectivity index (χ4v) is 3.05. The Labute approximate surface area is 146 Å². The van der Waals surface area contributed by atoms with Crippen LogP contribution in [0.2, 0.25) is 0 Å². The quantitative estimate of drug-likeness (QED) is 0.692. The Morgan fingerprint density at radius 1 is 1.28 bits per heavy atom. The number of carbonyl (C=O) groups is 1. The molecule has 0 atom stereocenters. The van der Waals surface area contributed by atoms with Gasteiger partial charge in [0, 0.05) is 30.5 Å². The summed E-state index contributed by atoms with van der Waals surface area (Å²) in [4.78, 5) is 19.1. The van der Waals surface area contributed by atoms with E-state index in [9.17, 15) is 4.79 Å². The maximum atomic E-state index is 12.7. The lowest BCUT2D eigenvalue weighted by molar-refractivity contribution is 0.0752. The van der Waals surface area contributed by atoms with Crippen LogP contribution in [0.25, 0.3) is 5.65 Å². The lowest BCUT2D eigenvalue weighted by Gasteiger charge is -2.20. The van der Waals surface area contributed by atoms with Gasteiger partial charge in [-0.3, -0.25) is 4.79 Å². The van der Waals surface area contributed by atoms with Crippen molar-refractivity contribution < 1.29 is 9.53 Å². The number of nitrogens with zero attached hydrogens (tertiary/aromatic N) is 3. The summed E-state index contributed by atoms with van der Waals surface area (Å²) in [5.74, 6) is 0.776. The number of hydrogen-bond acceptors (Lipinski definition) is 3. The van der Waals surface area contributed by atoms with Crippen molar-refractivity contribution >= 4 is 11.6 Å². The number of ether oxygens (including phenoxy) is 1. The van der Waals surface area contributed by atoms with Crippen molar-refractivity contribution in [3.8, 4) is 5.75 Å². The van der Waals surface area contributed by atoms with Crippen LogP contribution in [0.5, 0.6) is 5.75 Å². The molecule has 5 nitrogen and oxygen atoms in total. The average molecular weight is 335 g/mol. The van der Waals surface area contributed by atoms with Crippen LogP contribution in [0.4, 0.5) is 0 Å². The molecule has 3 aromatic rings. The molecule has 1 fully saturated rings. The molecule has 128 valence electrons. The van der Waals surface area contributed by atoms with E-state index in [1.165, 1.54) is 0 Å². The maximum absolute atomic E-state index is 12.7. The van der Waals surface area contributed by atoms with E-state index in [1.54, 1.807) is 0 Å². The number of pyridine rings is 1. The third kappa shape index (κ3) is 3.36. The number of fused-ring (bicyclic) bond motifs is 1. The Balaban J connectivity index is 1.46. The van der Waals surface area contributed by atoms with E-state index in [1.807, 2.05) is 71.1 Å². The second-order valence-electron chi connectivity index (χ2n) is 6.34. The second-order valence-corrected chi connectivity index (χ2v) is 6.34. The van der Waals surface area contributed by atoms with Crippen molar-refractivity contribution in [1.29, 1.82) is 0 Å². The predicted molar refractivity (Wildman–Crippen MR) is 95.7 cm³/mol. The van der Waals surface area contributed by atoms with E-state index in [-0.39, 0.29) is 5.91 Å². The van der Waals surface area contributed by atoms with E-state index >= 15 is 0 Å². The van der Waals surface area contributed by atoms with Crippen LogP contribution < -0.4 is 4.74 Å². The minimum absolute atomic E-state index is 0.0863. The minimum atomic E-state index is 0.0863. The predicted octanol–water partition coefficient (Wildman–Crippen LogP) is 3.54. The van der Waals surface area contributed by atoms with Crippen molar-refractivity contribution in [2.75, 3.05) is 6.54 Å². The average Bonchev–Trinajstić information content (AvgIpc) is 3.38. The Kier molecular flexibility index (Phi) is 4.14. The molecule has 2 heterocycles. The molecule has 0 bridgehead atoms. The Morgan fingerprint density at radius 2 is 2.16 bits per heavy atom. The Hall–Kier alpha value is -2.82. The van der Waals surface area contributed by atoms with Gasteiger partial charge in [-0.1, -0.05) is 12.1 Å². The zero-order valence-corrected chi connectivity index (χ0v) is 14.3. The van der Waals surface area contributed by atoms with Crippen LogP contribution in [0.3, 0.4) is 0 Å². The summed E-state index contributed by atoms with van der Waals surface area (Å²) in [6.45, 7) is 3.15. The van der Waals surface area contributed by atoms with E-state index < -0.39 is 0 Å². The first-order chi connectivity index (χ1) is 12.2. The molecule has 1 saturated carbocycles. The van der Waals surface area contributed by atoms with Gasteiger partial charge in [0.1, 0.15) is 18.0 Å².